The molecule has 0 aromatic carbocycles. The highest BCUT2D eigenvalue weighted by molar-refractivity contribution is 5.72. The molecule has 10 heavy (non-hydrogen) atoms. The highest BCUT2D eigenvalue weighted by Gasteiger charge is 2.30. The van der Waals surface area contributed by atoms with Crippen molar-refractivity contribution < 1.29 is 13.9 Å². The minimum absolute atomic E-state index is 0.181. The van der Waals surface area contributed by atoms with Gasteiger partial charge < -0.3 is 4.74 Å². The summed E-state index contributed by atoms with van der Waals surface area (Å²) in [5.74, 6) is -0.444. The maximum Gasteiger partial charge on any atom is 0.308 e. The van der Waals surface area contributed by atoms with Crippen LogP contribution in [0.25, 0.3) is 0 Å². The Balaban J connectivity index is 2.37. The minimum atomic E-state index is -0.788. The molecule has 0 aromatic heterocycles. The van der Waals surface area contributed by atoms with Gasteiger partial charge in [0.25, 0.3) is 0 Å². The van der Waals surface area contributed by atoms with E-state index in [0.717, 1.165) is 0 Å². The van der Waals surface area contributed by atoms with Gasteiger partial charge in [0.1, 0.15) is 6.17 Å². The standard InChI is InChI=1S/C7H11FO2/c1-10-7(9)5-2-3-6(8)4-5/h5-6H,2-4H2,1H3/t5-,6-/m1/s1. The number of esters is 1. The lowest BCUT2D eigenvalue weighted by Gasteiger charge is -2.03. The SMILES string of the molecule is COC(=O)[C@@H]1CC[C@@H](F)C1. The molecule has 1 saturated carbocycles. The molecule has 0 saturated heterocycles. The van der Waals surface area contributed by atoms with Crippen molar-refractivity contribution in [2.45, 2.75) is 25.4 Å². The van der Waals surface area contributed by atoms with Crippen molar-refractivity contribution in [3.63, 3.8) is 0 Å². The van der Waals surface area contributed by atoms with E-state index in [1.807, 2.05) is 0 Å². The average molecular weight is 146 g/mol. The van der Waals surface area contributed by atoms with Gasteiger partial charge in [0, 0.05) is 0 Å². The zero-order valence-electron chi connectivity index (χ0n) is 5.97. The molecule has 1 fully saturated rings. The van der Waals surface area contributed by atoms with Crippen LogP contribution in [0.5, 0.6) is 0 Å². The van der Waals surface area contributed by atoms with Crippen LogP contribution in [0.3, 0.4) is 0 Å². The van der Waals surface area contributed by atoms with Crippen LogP contribution in [0.4, 0.5) is 4.39 Å². The maximum absolute atomic E-state index is 12.5. The fraction of sp³-hybridized carbons (Fsp3) is 0.857. The summed E-state index contributed by atoms with van der Waals surface area (Å²) in [5.41, 5.74) is 0. The lowest BCUT2D eigenvalue weighted by Crippen LogP contribution is -2.12. The Morgan fingerprint density at radius 2 is 2.30 bits per heavy atom. The van der Waals surface area contributed by atoms with Gasteiger partial charge in [0.05, 0.1) is 13.0 Å². The first-order valence-electron chi connectivity index (χ1n) is 3.46. The van der Waals surface area contributed by atoms with Crippen LogP contribution < -0.4 is 0 Å². The van der Waals surface area contributed by atoms with E-state index in [9.17, 15) is 9.18 Å². The van der Waals surface area contributed by atoms with Crippen LogP contribution in [0.1, 0.15) is 19.3 Å². The van der Waals surface area contributed by atoms with E-state index in [1.165, 1.54) is 7.11 Å². The molecule has 0 unspecified atom stereocenters. The number of alkyl halides is 1. The Bertz CT molecular complexity index is 136. The van der Waals surface area contributed by atoms with E-state index in [1.54, 1.807) is 0 Å². The molecular formula is C7H11FO2. The summed E-state index contributed by atoms with van der Waals surface area (Å²) >= 11 is 0. The molecule has 3 heteroatoms. The van der Waals surface area contributed by atoms with Crippen LogP contribution in [0.15, 0.2) is 0 Å². The third kappa shape index (κ3) is 1.46. The normalized spacial score (nSPS) is 32.2. The van der Waals surface area contributed by atoms with Crippen molar-refractivity contribution in [3.05, 3.63) is 0 Å². The van der Waals surface area contributed by atoms with Gasteiger partial charge in [0.2, 0.25) is 0 Å². The van der Waals surface area contributed by atoms with E-state index < -0.39 is 6.17 Å². The molecule has 0 radical (unpaired) electrons. The van der Waals surface area contributed by atoms with E-state index in [0.29, 0.717) is 19.3 Å². The quantitative estimate of drug-likeness (QED) is 0.521. The number of ether oxygens (including phenoxy) is 1. The molecule has 1 aliphatic rings. The Labute approximate surface area is 59.4 Å². The predicted molar refractivity (Wildman–Crippen MR) is 34.3 cm³/mol. The van der Waals surface area contributed by atoms with Crippen molar-refractivity contribution in [2.75, 3.05) is 7.11 Å². The van der Waals surface area contributed by atoms with Crippen LogP contribution >= 0.6 is 0 Å². The first kappa shape index (κ1) is 7.51. The number of hydrogen-bond acceptors (Lipinski definition) is 2. The summed E-state index contributed by atoms with van der Waals surface area (Å²) < 4.78 is 16.9. The van der Waals surface area contributed by atoms with Crippen LogP contribution in [-0.2, 0) is 9.53 Å². The van der Waals surface area contributed by atoms with Crippen LogP contribution in [0, 0.1) is 5.92 Å². The van der Waals surface area contributed by atoms with Gasteiger partial charge in [0.15, 0.2) is 0 Å². The van der Waals surface area contributed by atoms with Crippen molar-refractivity contribution >= 4 is 5.97 Å². The fourth-order valence-electron chi connectivity index (χ4n) is 1.31. The molecule has 0 heterocycles. The number of halogens is 1. The first-order valence-corrected chi connectivity index (χ1v) is 3.46. The summed E-state index contributed by atoms with van der Waals surface area (Å²) in [5, 5.41) is 0. The number of rotatable bonds is 1. The molecular weight excluding hydrogens is 135 g/mol. The second-order valence-electron chi connectivity index (χ2n) is 2.63. The topological polar surface area (TPSA) is 26.3 Å². The molecule has 0 spiro atoms. The smallest absolute Gasteiger partial charge is 0.308 e. The third-order valence-corrected chi connectivity index (χ3v) is 1.90. The number of carbonyl (C=O) groups excluding carboxylic acids is 1. The molecule has 1 aliphatic carbocycles. The third-order valence-electron chi connectivity index (χ3n) is 1.90. The lowest BCUT2D eigenvalue weighted by molar-refractivity contribution is -0.145. The predicted octanol–water partition coefficient (Wildman–Crippen LogP) is 1.30. The van der Waals surface area contributed by atoms with E-state index in [4.69, 9.17) is 0 Å². The average Bonchev–Trinajstić information content (AvgIpc) is 2.34. The van der Waals surface area contributed by atoms with Gasteiger partial charge in [-0.1, -0.05) is 0 Å². The molecule has 0 aliphatic heterocycles. The Kier molecular flexibility index (Phi) is 2.25. The van der Waals surface area contributed by atoms with E-state index in [2.05, 4.69) is 4.74 Å². The summed E-state index contributed by atoms with van der Waals surface area (Å²) in [7, 11) is 1.34. The van der Waals surface area contributed by atoms with Crippen molar-refractivity contribution in [1.82, 2.24) is 0 Å². The Morgan fingerprint density at radius 3 is 2.70 bits per heavy atom. The summed E-state index contributed by atoms with van der Waals surface area (Å²) in [6.45, 7) is 0. The summed E-state index contributed by atoms with van der Waals surface area (Å²) in [6.07, 6.45) is 0.726. The van der Waals surface area contributed by atoms with Crippen molar-refractivity contribution in [2.24, 2.45) is 5.92 Å². The second-order valence-corrected chi connectivity index (χ2v) is 2.63. The molecule has 0 amide bonds. The maximum atomic E-state index is 12.5. The molecule has 0 N–H and O–H groups in total. The van der Waals surface area contributed by atoms with E-state index in [-0.39, 0.29) is 11.9 Å². The monoisotopic (exact) mass is 146 g/mol. The summed E-state index contributed by atoms with van der Waals surface area (Å²) in [4.78, 5) is 10.8. The zero-order chi connectivity index (χ0) is 7.56. The van der Waals surface area contributed by atoms with Gasteiger partial charge >= 0.3 is 5.97 Å². The number of hydrogen-bond donors (Lipinski definition) is 0. The number of carbonyl (C=O) groups is 1. The van der Waals surface area contributed by atoms with E-state index >= 15 is 0 Å². The Hall–Kier alpha value is -0.600. The van der Waals surface area contributed by atoms with Gasteiger partial charge in [-0.25, -0.2) is 4.39 Å². The Morgan fingerprint density at radius 1 is 1.60 bits per heavy atom. The minimum Gasteiger partial charge on any atom is -0.469 e. The lowest BCUT2D eigenvalue weighted by atomic mass is 10.1. The largest absolute Gasteiger partial charge is 0.469 e. The highest BCUT2D eigenvalue weighted by atomic mass is 19.1. The van der Waals surface area contributed by atoms with Crippen LogP contribution in [0.2, 0.25) is 0 Å². The molecule has 0 bridgehead atoms. The molecule has 0 aromatic rings. The highest BCUT2D eigenvalue weighted by Crippen LogP contribution is 2.28. The molecule has 2 nitrogen and oxygen atoms in total. The van der Waals surface area contributed by atoms with Crippen LogP contribution in [-0.4, -0.2) is 19.3 Å². The first-order chi connectivity index (χ1) is 4.74. The van der Waals surface area contributed by atoms with Crippen molar-refractivity contribution in [3.8, 4) is 0 Å². The second kappa shape index (κ2) is 2.99. The molecule has 1 rings (SSSR count). The van der Waals surface area contributed by atoms with Gasteiger partial charge in [-0.15, -0.1) is 0 Å². The van der Waals surface area contributed by atoms with Gasteiger partial charge in [-0.2, -0.15) is 0 Å². The van der Waals surface area contributed by atoms with Gasteiger partial charge in [-0.05, 0) is 19.3 Å². The summed E-state index contributed by atoms with van der Waals surface area (Å²) in [6, 6.07) is 0. The van der Waals surface area contributed by atoms with Gasteiger partial charge in [-0.3, -0.25) is 4.79 Å². The van der Waals surface area contributed by atoms with Crippen molar-refractivity contribution in [1.29, 1.82) is 0 Å². The fourth-order valence-corrected chi connectivity index (χ4v) is 1.31. The number of methoxy groups -OCH3 is 1. The molecule has 2 atom stereocenters. The molecule has 58 valence electrons. The zero-order valence-corrected chi connectivity index (χ0v) is 5.97.